The van der Waals surface area contributed by atoms with Crippen molar-refractivity contribution in [1.29, 1.82) is 0 Å². The second kappa shape index (κ2) is 17.7. The predicted octanol–water partition coefficient (Wildman–Crippen LogP) is 18.5. The molecule has 0 bridgehead atoms. The van der Waals surface area contributed by atoms with Crippen LogP contribution in [0.15, 0.2) is 277 Å². The van der Waals surface area contributed by atoms with Gasteiger partial charge < -0.3 is 19.1 Å². The molecule has 0 saturated heterocycles. The highest BCUT2D eigenvalue weighted by atomic mass is 16.3. The molecule has 11 aromatic carbocycles. The van der Waals surface area contributed by atoms with Crippen LogP contribution in [0.3, 0.4) is 0 Å². The number of hydrogen-bond donors (Lipinski definition) is 0. The quantitative estimate of drug-likeness (QED) is 0.129. The van der Waals surface area contributed by atoms with Crippen LogP contribution in [-0.2, 0) is 0 Å². The van der Waals surface area contributed by atoms with Crippen LogP contribution in [-0.4, -0.2) is 0 Å². The van der Waals surface area contributed by atoms with Gasteiger partial charge in [-0.05, 0) is 137 Å². The Kier molecular flexibility index (Phi) is 10.5. The Labute approximate surface area is 396 Å². The summed E-state index contributed by atoms with van der Waals surface area (Å²) in [6.07, 6.45) is 0. The highest BCUT2D eigenvalue weighted by molar-refractivity contribution is 6.09. The van der Waals surface area contributed by atoms with E-state index in [0.717, 1.165) is 95.0 Å². The standard InChI is InChI=1S/C64H45N3O/c1-6-20-46(21-7-1)47-36-38-53(39-37-47)66(51-26-12-4-13-27-51)56-43-48(42-55(44-56)65(49-22-8-2-9-23-49)50-24-10-3-11-25-50)57-31-18-33-59-58(57)32-19-34-62(59)67(52-28-14-5-15-29-52)54-40-41-64-61(45-54)60-30-16-17-35-63(60)68-64/h1-45H. The summed E-state index contributed by atoms with van der Waals surface area (Å²) >= 11 is 0. The van der Waals surface area contributed by atoms with E-state index in [9.17, 15) is 0 Å². The molecule has 0 spiro atoms. The average Bonchev–Trinajstić information content (AvgIpc) is 3.79. The van der Waals surface area contributed by atoms with Crippen molar-refractivity contribution in [1.82, 2.24) is 0 Å². The van der Waals surface area contributed by atoms with Crippen molar-refractivity contribution < 1.29 is 4.42 Å². The number of para-hydroxylation sites is 5. The molecule has 0 N–H and O–H groups in total. The molecular formula is C64H45N3O. The van der Waals surface area contributed by atoms with Crippen molar-refractivity contribution in [3.63, 3.8) is 0 Å². The summed E-state index contributed by atoms with van der Waals surface area (Å²) in [5.74, 6) is 0. The van der Waals surface area contributed by atoms with Gasteiger partial charge in [-0.15, -0.1) is 0 Å². The van der Waals surface area contributed by atoms with E-state index in [1.165, 1.54) is 11.1 Å². The second-order valence-electron chi connectivity index (χ2n) is 17.0. The number of hydrogen-bond acceptors (Lipinski definition) is 4. The lowest BCUT2D eigenvalue weighted by Crippen LogP contribution is -2.13. The Morgan fingerprint density at radius 2 is 0.662 bits per heavy atom. The van der Waals surface area contributed by atoms with Crippen molar-refractivity contribution in [3.05, 3.63) is 273 Å². The highest BCUT2D eigenvalue weighted by Crippen LogP contribution is 2.47. The maximum absolute atomic E-state index is 6.30. The van der Waals surface area contributed by atoms with Crippen LogP contribution in [0.4, 0.5) is 51.2 Å². The molecule has 4 nitrogen and oxygen atoms in total. The fourth-order valence-electron chi connectivity index (χ4n) is 9.67. The van der Waals surface area contributed by atoms with Crippen molar-refractivity contribution >= 4 is 83.9 Å². The van der Waals surface area contributed by atoms with Gasteiger partial charge in [-0.2, -0.15) is 0 Å². The van der Waals surface area contributed by atoms with E-state index in [4.69, 9.17) is 4.42 Å². The lowest BCUT2D eigenvalue weighted by Gasteiger charge is -2.30. The van der Waals surface area contributed by atoms with Gasteiger partial charge in [0, 0.05) is 61.7 Å². The first-order valence-electron chi connectivity index (χ1n) is 23.1. The Morgan fingerprint density at radius 1 is 0.221 bits per heavy atom. The SMILES string of the molecule is c1ccc(-c2ccc(N(c3ccccc3)c3cc(-c4cccc5c(N(c6ccccc6)c6ccc7oc8ccccc8c7c6)cccc45)cc(N(c4ccccc4)c4ccccc4)c3)cc2)cc1. The molecule has 0 aliphatic carbocycles. The van der Waals surface area contributed by atoms with E-state index < -0.39 is 0 Å². The third kappa shape index (κ3) is 7.60. The van der Waals surface area contributed by atoms with E-state index in [0.29, 0.717) is 0 Å². The summed E-state index contributed by atoms with van der Waals surface area (Å²) in [5.41, 5.74) is 15.9. The Bertz CT molecular complexity index is 3630. The Balaban J connectivity index is 1.08. The zero-order chi connectivity index (χ0) is 45.2. The smallest absolute Gasteiger partial charge is 0.135 e. The molecule has 0 atom stereocenters. The minimum Gasteiger partial charge on any atom is -0.456 e. The number of nitrogens with zero attached hydrogens (tertiary/aromatic N) is 3. The van der Waals surface area contributed by atoms with Crippen molar-refractivity contribution in [3.8, 4) is 22.3 Å². The maximum Gasteiger partial charge on any atom is 0.135 e. The first-order valence-corrected chi connectivity index (χ1v) is 23.1. The summed E-state index contributed by atoms with van der Waals surface area (Å²) in [5, 5.41) is 4.47. The van der Waals surface area contributed by atoms with Crippen LogP contribution in [0.5, 0.6) is 0 Å². The van der Waals surface area contributed by atoms with E-state index in [1.54, 1.807) is 0 Å². The van der Waals surface area contributed by atoms with Crippen LogP contribution in [0, 0.1) is 0 Å². The van der Waals surface area contributed by atoms with Crippen molar-refractivity contribution in [2.45, 2.75) is 0 Å². The topological polar surface area (TPSA) is 22.9 Å². The normalized spacial score (nSPS) is 11.2. The predicted molar refractivity (Wildman–Crippen MR) is 286 cm³/mol. The van der Waals surface area contributed by atoms with Crippen molar-refractivity contribution in [2.24, 2.45) is 0 Å². The molecule has 12 rings (SSSR count). The highest BCUT2D eigenvalue weighted by Gasteiger charge is 2.22. The molecule has 0 aliphatic heterocycles. The van der Waals surface area contributed by atoms with Gasteiger partial charge in [0.25, 0.3) is 0 Å². The van der Waals surface area contributed by atoms with Gasteiger partial charge in [0.05, 0.1) is 5.69 Å². The molecule has 12 aromatic rings. The lowest BCUT2D eigenvalue weighted by atomic mass is 9.95. The van der Waals surface area contributed by atoms with Crippen LogP contribution in [0.2, 0.25) is 0 Å². The van der Waals surface area contributed by atoms with Crippen LogP contribution in [0.25, 0.3) is 55.0 Å². The minimum absolute atomic E-state index is 0.871. The van der Waals surface area contributed by atoms with Gasteiger partial charge in [0.15, 0.2) is 0 Å². The molecule has 0 fully saturated rings. The van der Waals surface area contributed by atoms with E-state index >= 15 is 0 Å². The third-order valence-corrected chi connectivity index (χ3v) is 12.8. The van der Waals surface area contributed by atoms with Gasteiger partial charge in [-0.3, -0.25) is 0 Å². The molecule has 0 amide bonds. The zero-order valence-corrected chi connectivity index (χ0v) is 37.2. The van der Waals surface area contributed by atoms with Crippen molar-refractivity contribution in [2.75, 3.05) is 14.7 Å². The number of anilines is 9. The molecule has 0 aliphatic rings. The maximum atomic E-state index is 6.30. The minimum atomic E-state index is 0.871. The summed E-state index contributed by atoms with van der Waals surface area (Å²) in [6, 6.07) is 97.4. The first kappa shape index (κ1) is 40.4. The molecule has 4 heteroatoms. The first-order chi connectivity index (χ1) is 33.7. The number of fused-ring (bicyclic) bond motifs is 4. The van der Waals surface area contributed by atoms with Crippen LogP contribution in [0.1, 0.15) is 0 Å². The van der Waals surface area contributed by atoms with Crippen LogP contribution >= 0.6 is 0 Å². The van der Waals surface area contributed by atoms with Gasteiger partial charge >= 0.3 is 0 Å². The third-order valence-electron chi connectivity index (χ3n) is 12.8. The fraction of sp³-hybridized carbons (Fsp3) is 0. The molecule has 1 heterocycles. The molecule has 1 aromatic heterocycles. The summed E-state index contributed by atoms with van der Waals surface area (Å²) in [6.45, 7) is 0. The fourth-order valence-corrected chi connectivity index (χ4v) is 9.67. The molecule has 0 saturated carbocycles. The summed E-state index contributed by atoms with van der Waals surface area (Å²) in [4.78, 5) is 7.11. The monoisotopic (exact) mass is 871 g/mol. The molecule has 68 heavy (non-hydrogen) atoms. The number of furan rings is 1. The Morgan fingerprint density at radius 3 is 1.26 bits per heavy atom. The lowest BCUT2D eigenvalue weighted by molar-refractivity contribution is 0.669. The molecular weight excluding hydrogens is 827 g/mol. The van der Waals surface area contributed by atoms with Crippen LogP contribution < -0.4 is 14.7 Å². The van der Waals surface area contributed by atoms with Gasteiger partial charge in [-0.25, -0.2) is 0 Å². The Hall–Kier alpha value is -9.12. The summed E-state index contributed by atoms with van der Waals surface area (Å²) in [7, 11) is 0. The average molecular weight is 872 g/mol. The van der Waals surface area contributed by atoms with E-state index in [2.05, 4.69) is 276 Å². The number of rotatable bonds is 11. The molecule has 0 unspecified atom stereocenters. The van der Waals surface area contributed by atoms with Gasteiger partial charge in [0.1, 0.15) is 11.2 Å². The zero-order valence-electron chi connectivity index (χ0n) is 37.2. The van der Waals surface area contributed by atoms with E-state index in [-0.39, 0.29) is 0 Å². The number of benzene rings is 11. The van der Waals surface area contributed by atoms with E-state index in [1.807, 2.05) is 12.1 Å². The van der Waals surface area contributed by atoms with Gasteiger partial charge in [0.2, 0.25) is 0 Å². The second-order valence-corrected chi connectivity index (χ2v) is 17.0. The molecule has 0 radical (unpaired) electrons. The van der Waals surface area contributed by atoms with Gasteiger partial charge in [-0.1, -0.05) is 164 Å². The largest absolute Gasteiger partial charge is 0.456 e. The summed E-state index contributed by atoms with van der Waals surface area (Å²) < 4.78 is 6.30. The molecule has 322 valence electrons.